The summed E-state index contributed by atoms with van der Waals surface area (Å²) in [5, 5.41) is 0.777. The van der Waals surface area contributed by atoms with Gasteiger partial charge in [-0.15, -0.1) is 0 Å². The van der Waals surface area contributed by atoms with Crippen LogP contribution in [0.2, 0.25) is 10.0 Å². The van der Waals surface area contributed by atoms with Gasteiger partial charge in [-0.05, 0) is 54.1 Å². The first kappa shape index (κ1) is 22.1. The molecule has 7 heteroatoms. The zero-order valence-electron chi connectivity index (χ0n) is 17.3. The predicted octanol–water partition coefficient (Wildman–Crippen LogP) is 6.25. The minimum atomic E-state index is -0.138. The molecule has 0 spiro atoms. The summed E-state index contributed by atoms with van der Waals surface area (Å²) in [6.45, 7) is 1.20. The predicted molar refractivity (Wildman–Crippen MR) is 125 cm³/mol. The summed E-state index contributed by atoms with van der Waals surface area (Å²) >= 11 is 12.2. The molecule has 5 nitrogen and oxygen atoms in total. The molecule has 0 unspecified atom stereocenters. The van der Waals surface area contributed by atoms with Crippen molar-refractivity contribution in [3.05, 3.63) is 87.4 Å². The molecule has 164 valence electrons. The molecule has 1 heterocycles. The zero-order valence-corrected chi connectivity index (χ0v) is 18.8. The molecule has 0 atom stereocenters. The first-order valence-electron chi connectivity index (χ1n) is 9.91. The molecule has 0 fully saturated rings. The second-order valence-electron chi connectivity index (χ2n) is 6.97. The van der Waals surface area contributed by atoms with E-state index in [0.717, 1.165) is 11.1 Å². The van der Waals surface area contributed by atoms with E-state index in [9.17, 15) is 4.79 Å². The molecule has 1 aliphatic rings. The van der Waals surface area contributed by atoms with Crippen LogP contribution in [0.15, 0.2) is 60.7 Å². The van der Waals surface area contributed by atoms with Crippen LogP contribution in [-0.4, -0.2) is 26.1 Å². The number of rotatable bonds is 7. The summed E-state index contributed by atoms with van der Waals surface area (Å²) in [6, 6.07) is 16.0. The first-order chi connectivity index (χ1) is 15.5. The number of methoxy groups -OCH3 is 1. The van der Waals surface area contributed by atoms with Crippen molar-refractivity contribution in [1.82, 2.24) is 0 Å². The Morgan fingerprint density at radius 3 is 2.62 bits per heavy atom. The Kier molecular flexibility index (Phi) is 6.88. The van der Waals surface area contributed by atoms with Gasteiger partial charge >= 0.3 is 0 Å². The molecule has 0 aromatic heterocycles. The Hall–Kier alpha value is -3.15. The van der Waals surface area contributed by atoms with E-state index < -0.39 is 0 Å². The number of ether oxygens (including phenoxy) is 4. The Bertz CT molecular complexity index is 1170. The van der Waals surface area contributed by atoms with Crippen molar-refractivity contribution in [2.45, 2.75) is 6.61 Å². The van der Waals surface area contributed by atoms with Crippen LogP contribution in [0.25, 0.3) is 6.08 Å². The number of carbonyl (C=O) groups excluding carboxylic acids is 1. The van der Waals surface area contributed by atoms with E-state index in [1.807, 2.05) is 18.2 Å². The van der Waals surface area contributed by atoms with Crippen LogP contribution in [0.3, 0.4) is 0 Å². The number of hydrogen-bond acceptors (Lipinski definition) is 5. The second kappa shape index (κ2) is 9.98. The number of fused-ring (bicyclic) bond motifs is 1. The highest BCUT2D eigenvalue weighted by Gasteiger charge is 2.14. The van der Waals surface area contributed by atoms with Crippen LogP contribution in [0.4, 0.5) is 0 Å². The summed E-state index contributed by atoms with van der Waals surface area (Å²) in [5.41, 5.74) is 2.16. The van der Waals surface area contributed by atoms with Crippen molar-refractivity contribution in [2.75, 3.05) is 20.3 Å². The molecule has 32 heavy (non-hydrogen) atoms. The van der Waals surface area contributed by atoms with E-state index in [2.05, 4.69) is 0 Å². The normalized spacial score (nSPS) is 12.6. The van der Waals surface area contributed by atoms with Gasteiger partial charge in [0.25, 0.3) is 0 Å². The molecule has 0 saturated heterocycles. The minimum absolute atomic E-state index is 0.138. The average Bonchev–Trinajstić information content (AvgIpc) is 2.83. The topological polar surface area (TPSA) is 54.0 Å². The fourth-order valence-corrected chi connectivity index (χ4v) is 3.58. The fourth-order valence-electron chi connectivity index (χ4n) is 3.23. The minimum Gasteiger partial charge on any atom is -0.496 e. The van der Waals surface area contributed by atoms with E-state index in [0.29, 0.717) is 51.8 Å². The molecule has 0 N–H and O–H groups in total. The number of hydrogen-bond donors (Lipinski definition) is 0. The average molecular weight is 471 g/mol. The number of benzene rings is 3. The molecule has 0 radical (unpaired) electrons. The van der Waals surface area contributed by atoms with Crippen molar-refractivity contribution in [2.24, 2.45) is 0 Å². The Labute approximate surface area is 196 Å². The Balaban J connectivity index is 1.49. The molecule has 3 aromatic carbocycles. The molecule has 4 rings (SSSR count). The van der Waals surface area contributed by atoms with Crippen molar-refractivity contribution in [1.29, 1.82) is 0 Å². The lowest BCUT2D eigenvalue weighted by Crippen LogP contribution is -2.15. The quantitative estimate of drug-likeness (QED) is 0.301. The van der Waals surface area contributed by atoms with Gasteiger partial charge in [-0.3, -0.25) is 4.79 Å². The third kappa shape index (κ3) is 5.01. The van der Waals surface area contributed by atoms with Crippen LogP contribution < -0.4 is 18.9 Å². The fraction of sp³-hybridized carbons (Fsp3) is 0.160. The lowest BCUT2D eigenvalue weighted by molar-refractivity contribution is 0.104. The highest BCUT2D eigenvalue weighted by atomic mass is 35.5. The van der Waals surface area contributed by atoms with Crippen molar-refractivity contribution in [3.8, 4) is 23.0 Å². The van der Waals surface area contributed by atoms with Crippen molar-refractivity contribution >= 4 is 35.1 Å². The molecular weight excluding hydrogens is 451 g/mol. The van der Waals surface area contributed by atoms with E-state index in [1.165, 1.54) is 6.08 Å². The van der Waals surface area contributed by atoms with Crippen LogP contribution in [0, 0.1) is 0 Å². The van der Waals surface area contributed by atoms with E-state index in [-0.39, 0.29) is 12.4 Å². The van der Waals surface area contributed by atoms with Gasteiger partial charge in [0.1, 0.15) is 36.3 Å². The molecule has 0 bridgehead atoms. The van der Waals surface area contributed by atoms with E-state index in [4.69, 9.17) is 42.1 Å². The summed E-state index contributed by atoms with van der Waals surface area (Å²) < 4.78 is 22.3. The number of allylic oxidation sites excluding steroid dienone is 1. The van der Waals surface area contributed by atoms with Crippen LogP contribution in [-0.2, 0) is 6.61 Å². The molecule has 3 aromatic rings. The second-order valence-corrected chi connectivity index (χ2v) is 7.75. The largest absolute Gasteiger partial charge is 0.496 e. The maximum atomic E-state index is 12.6. The van der Waals surface area contributed by atoms with E-state index >= 15 is 0 Å². The zero-order chi connectivity index (χ0) is 22.5. The van der Waals surface area contributed by atoms with Gasteiger partial charge in [-0.2, -0.15) is 0 Å². The number of carbonyl (C=O) groups is 1. The maximum Gasteiger partial charge on any atom is 0.185 e. The van der Waals surface area contributed by atoms with Crippen LogP contribution in [0.5, 0.6) is 23.0 Å². The summed E-state index contributed by atoms with van der Waals surface area (Å²) in [4.78, 5) is 12.6. The van der Waals surface area contributed by atoms with Gasteiger partial charge in [0.05, 0.1) is 12.1 Å². The Morgan fingerprint density at radius 1 is 1.00 bits per heavy atom. The standard InChI is InChI=1S/C25H20Cl2O5/c1-29-21-9-6-16(13-18(21)15-32-23-4-2-3-19(26)25(23)27)5-8-20(28)17-7-10-22-24(14-17)31-12-11-30-22/h2-10,13-14H,11-12,15H2,1H3/b8-5+. The summed E-state index contributed by atoms with van der Waals surface area (Å²) in [6.07, 6.45) is 3.26. The Morgan fingerprint density at radius 2 is 1.81 bits per heavy atom. The van der Waals surface area contributed by atoms with Gasteiger partial charge in [0, 0.05) is 11.1 Å². The van der Waals surface area contributed by atoms with Crippen molar-refractivity contribution in [3.63, 3.8) is 0 Å². The molecule has 0 saturated carbocycles. The molecule has 0 aliphatic carbocycles. The highest BCUT2D eigenvalue weighted by Crippen LogP contribution is 2.33. The third-order valence-corrected chi connectivity index (χ3v) is 5.66. The molecule has 1 aliphatic heterocycles. The van der Waals surface area contributed by atoms with Gasteiger partial charge < -0.3 is 18.9 Å². The van der Waals surface area contributed by atoms with Gasteiger partial charge in [0.2, 0.25) is 0 Å². The lowest BCUT2D eigenvalue weighted by atomic mass is 10.1. The van der Waals surface area contributed by atoms with Crippen LogP contribution >= 0.6 is 23.2 Å². The SMILES string of the molecule is COc1ccc(/C=C/C(=O)c2ccc3c(c2)OCCO3)cc1COc1cccc(Cl)c1Cl. The van der Waals surface area contributed by atoms with Gasteiger partial charge in [0.15, 0.2) is 17.3 Å². The number of ketones is 1. The lowest BCUT2D eigenvalue weighted by Gasteiger charge is -2.18. The highest BCUT2D eigenvalue weighted by molar-refractivity contribution is 6.42. The first-order valence-corrected chi connectivity index (χ1v) is 10.7. The van der Waals surface area contributed by atoms with Crippen LogP contribution in [0.1, 0.15) is 21.5 Å². The molecule has 0 amide bonds. The maximum absolute atomic E-state index is 12.6. The number of halogens is 2. The van der Waals surface area contributed by atoms with Crippen molar-refractivity contribution < 1.29 is 23.7 Å². The van der Waals surface area contributed by atoms with Gasteiger partial charge in [-0.25, -0.2) is 0 Å². The third-order valence-electron chi connectivity index (χ3n) is 4.86. The smallest absolute Gasteiger partial charge is 0.185 e. The monoisotopic (exact) mass is 470 g/mol. The van der Waals surface area contributed by atoms with Gasteiger partial charge in [-0.1, -0.05) is 41.4 Å². The summed E-state index contributed by atoms with van der Waals surface area (Å²) in [5.74, 6) is 2.24. The summed E-state index contributed by atoms with van der Waals surface area (Å²) in [7, 11) is 1.59. The van der Waals surface area contributed by atoms with E-state index in [1.54, 1.807) is 49.6 Å². The molecular formula is C25H20Cl2O5.